The van der Waals surface area contributed by atoms with E-state index in [0.717, 1.165) is 35.5 Å². The van der Waals surface area contributed by atoms with Gasteiger partial charge in [0.05, 0.1) is 6.61 Å². The summed E-state index contributed by atoms with van der Waals surface area (Å²) in [5.41, 5.74) is 2.58. The summed E-state index contributed by atoms with van der Waals surface area (Å²) in [7, 11) is 0. The van der Waals surface area contributed by atoms with Crippen LogP contribution in [-0.4, -0.2) is 57.2 Å². The van der Waals surface area contributed by atoms with Crippen LogP contribution in [0, 0.1) is 0 Å². The Morgan fingerprint density at radius 1 is 1.13 bits per heavy atom. The Labute approximate surface area is 181 Å². The third kappa shape index (κ3) is 4.84. The number of carbonyl (C=O) groups is 2. The molecule has 0 unspecified atom stereocenters. The number of hydrogen-bond donors (Lipinski definition) is 1. The van der Waals surface area contributed by atoms with Crippen LogP contribution < -0.4 is 5.32 Å². The molecule has 8 nitrogen and oxygen atoms in total. The minimum Gasteiger partial charge on any atom is -0.450 e. The van der Waals surface area contributed by atoms with E-state index in [-0.39, 0.29) is 18.0 Å². The molecule has 2 amide bonds. The van der Waals surface area contributed by atoms with Gasteiger partial charge in [-0.25, -0.2) is 14.8 Å². The van der Waals surface area contributed by atoms with Crippen molar-refractivity contribution in [1.29, 1.82) is 0 Å². The number of nitrogens with zero attached hydrogens (tertiary/aromatic N) is 4. The van der Waals surface area contributed by atoms with Gasteiger partial charge in [0.25, 0.3) is 0 Å². The summed E-state index contributed by atoms with van der Waals surface area (Å²) in [5.74, 6) is 0.807. The van der Waals surface area contributed by atoms with Gasteiger partial charge in [-0.3, -0.25) is 9.36 Å². The number of para-hydroxylation sites is 1. The van der Waals surface area contributed by atoms with Gasteiger partial charge in [-0.2, -0.15) is 0 Å². The topological polar surface area (TPSA) is 89.3 Å². The second kappa shape index (κ2) is 9.59. The zero-order valence-electron chi connectivity index (χ0n) is 17.7. The molecule has 1 aliphatic rings. The van der Waals surface area contributed by atoms with Crippen molar-refractivity contribution < 1.29 is 14.3 Å². The van der Waals surface area contributed by atoms with Crippen LogP contribution in [0.4, 0.5) is 4.79 Å². The highest BCUT2D eigenvalue weighted by atomic mass is 16.6. The summed E-state index contributed by atoms with van der Waals surface area (Å²) in [5, 5.41) is 3.10. The number of likely N-dealkylation sites (tertiary alicyclic amines) is 1. The summed E-state index contributed by atoms with van der Waals surface area (Å²) < 4.78 is 7.06. The summed E-state index contributed by atoms with van der Waals surface area (Å²) in [4.78, 5) is 35.3. The average molecular weight is 422 g/mol. The van der Waals surface area contributed by atoms with Gasteiger partial charge in [0.2, 0.25) is 5.91 Å². The molecule has 0 bridgehead atoms. The number of hydrogen-bond acceptors (Lipinski definition) is 5. The monoisotopic (exact) mass is 421 g/mol. The van der Waals surface area contributed by atoms with E-state index in [1.807, 2.05) is 47.0 Å². The summed E-state index contributed by atoms with van der Waals surface area (Å²) in [6.07, 6.45) is 3.80. The molecular weight excluding hydrogens is 394 g/mol. The molecule has 1 N–H and O–H groups in total. The molecule has 1 fully saturated rings. The molecule has 1 saturated heterocycles. The molecule has 0 spiro atoms. The highest BCUT2D eigenvalue weighted by Crippen LogP contribution is 2.21. The summed E-state index contributed by atoms with van der Waals surface area (Å²) in [6.45, 7) is 3.37. The molecule has 0 radical (unpaired) electrons. The maximum Gasteiger partial charge on any atom is 0.409 e. The maximum atomic E-state index is 12.6. The van der Waals surface area contributed by atoms with Crippen LogP contribution in [0.5, 0.6) is 0 Å². The van der Waals surface area contributed by atoms with Crippen LogP contribution in [0.1, 0.15) is 32.0 Å². The number of amides is 2. The fourth-order valence-electron chi connectivity index (χ4n) is 3.92. The Bertz CT molecular complexity index is 1040. The first-order valence-corrected chi connectivity index (χ1v) is 10.7. The highest BCUT2D eigenvalue weighted by Gasteiger charge is 2.24. The normalized spacial score (nSPS) is 14.5. The number of ether oxygens (including phenoxy) is 1. The predicted octanol–water partition coefficient (Wildman–Crippen LogP) is 3.09. The van der Waals surface area contributed by atoms with Gasteiger partial charge in [0, 0.05) is 43.9 Å². The largest absolute Gasteiger partial charge is 0.450 e. The second-order valence-electron chi connectivity index (χ2n) is 7.57. The van der Waals surface area contributed by atoms with Crippen LogP contribution in [0.15, 0.2) is 48.7 Å². The highest BCUT2D eigenvalue weighted by molar-refractivity contribution is 5.77. The van der Waals surface area contributed by atoms with Crippen molar-refractivity contribution in [2.75, 3.05) is 19.7 Å². The molecule has 2 aromatic heterocycles. The van der Waals surface area contributed by atoms with E-state index in [9.17, 15) is 9.59 Å². The Balaban J connectivity index is 1.38. The van der Waals surface area contributed by atoms with Crippen LogP contribution in [0.2, 0.25) is 0 Å². The SMILES string of the molecule is CCOC(=O)N1CCC(NC(=O)CCc2nc3cccnc3n2-c2ccccc2)CC1. The number of benzene rings is 1. The van der Waals surface area contributed by atoms with Gasteiger partial charge in [0.1, 0.15) is 11.3 Å². The van der Waals surface area contributed by atoms with Crippen molar-refractivity contribution in [3.05, 3.63) is 54.5 Å². The Morgan fingerprint density at radius 3 is 2.65 bits per heavy atom. The molecule has 0 aliphatic carbocycles. The molecule has 4 rings (SSSR count). The summed E-state index contributed by atoms with van der Waals surface area (Å²) >= 11 is 0. The van der Waals surface area contributed by atoms with E-state index in [1.165, 1.54) is 0 Å². The van der Waals surface area contributed by atoms with Crippen molar-refractivity contribution in [2.24, 2.45) is 0 Å². The Hall–Kier alpha value is -3.42. The van der Waals surface area contributed by atoms with Crippen molar-refractivity contribution in [1.82, 2.24) is 24.8 Å². The lowest BCUT2D eigenvalue weighted by molar-refractivity contribution is -0.122. The number of piperidine rings is 1. The zero-order valence-corrected chi connectivity index (χ0v) is 17.7. The molecule has 1 aliphatic heterocycles. The van der Waals surface area contributed by atoms with Gasteiger partial charge < -0.3 is 15.0 Å². The minimum atomic E-state index is -0.277. The fourth-order valence-corrected chi connectivity index (χ4v) is 3.92. The number of nitrogens with one attached hydrogen (secondary N) is 1. The standard InChI is InChI=1S/C23H27N5O3/c1-2-31-23(30)27-15-12-17(13-16-27)25-21(29)11-10-20-26-19-9-6-14-24-22(19)28(20)18-7-4-3-5-8-18/h3-9,14,17H,2,10-13,15-16H2,1H3,(H,25,29). The molecule has 0 saturated carbocycles. The number of rotatable bonds is 6. The third-order valence-corrected chi connectivity index (χ3v) is 5.46. The van der Waals surface area contributed by atoms with Crippen LogP contribution in [0.25, 0.3) is 16.9 Å². The van der Waals surface area contributed by atoms with Crippen molar-refractivity contribution in [3.8, 4) is 5.69 Å². The molecular formula is C23H27N5O3. The molecule has 3 aromatic rings. The average Bonchev–Trinajstić information content (AvgIpc) is 3.17. The second-order valence-corrected chi connectivity index (χ2v) is 7.57. The molecule has 3 heterocycles. The Morgan fingerprint density at radius 2 is 1.90 bits per heavy atom. The number of carbonyl (C=O) groups excluding carboxylic acids is 2. The van der Waals surface area contributed by atoms with Crippen LogP contribution in [-0.2, 0) is 16.0 Å². The molecule has 31 heavy (non-hydrogen) atoms. The predicted molar refractivity (Wildman–Crippen MR) is 117 cm³/mol. The van der Waals surface area contributed by atoms with Gasteiger partial charge in [-0.05, 0) is 44.0 Å². The first kappa shape index (κ1) is 20.8. The summed E-state index contributed by atoms with van der Waals surface area (Å²) in [6, 6.07) is 13.8. The van der Waals surface area contributed by atoms with E-state index in [1.54, 1.807) is 18.0 Å². The van der Waals surface area contributed by atoms with Crippen LogP contribution in [0.3, 0.4) is 0 Å². The van der Waals surface area contributed by atoms with E-state index >= 15 is 0 Å². The van der Waals surface area contributed by atoms with E-state index < -0.39 is 0 Å². The first-order chi connectivity index (χ1) is 15.2. The minimum absolute atomic E-state index is 0.00536. The van der Waals surface area contributed by atoms with Gasteiger partial charge >= 0.3 is 6.09 Å². The van der Waals surface area contributed by atoms with Crippen LogP contribution >= 0.6 is 0 Å². The van der Waals surface area contributed by atoms with Gasteiger partial charge in [0.15, 0.2) is 5.65 Å². The Kier molecular flexibility index (Phi) is 6.45. The zero-order chi connectivity index (χ0) is 21.6. The number of pyridine rings is 1. The van der Waals surface area contributed by atoms with Crippen molar-refractivity contribution >= 4 is 23.2 Å². The van der Waals surface area contributed by atoms with Gasteiger partial charge in [-0.1, -0.05) is 18.2 Å². The lowest BCUT2D eigenvalue weighted by atomic mass is 10.1. The molecule has 8 heteroatoms. The number of aryl methyl sites for hydroxylation is 1. The van der Waals surface area contributed by atoms with Crippen molar-refractivity contribution in [2.45, 2.75) is 38.6 Å². The number of imidazole rings is 1. The van der Waals surface area contributed by atoms with E-state index in [4.69, 9.17) is 9.72 Å². The lowest BCUT2D eigenvalue weighted by Crippen LogP contribution is -2.46. The maximum absolute atomic E-state index is 12.6. The fraction of sp³-hybridized carbons (Fsp3) is 0.391. The third-order valence-electron chi connectivity index (χ3n) is 5.46. The van der Waals surface area contributed by atoms with E-state index in [0.29, 0.717) is 32.5 Å². The quantitative estimate of drug-likeness (QED) is 0.661. The lowest BCUT2D eigenvalue weighted by Gasteiger charge is -2.31. The number of aromatic nitrogens is 3. The first-order valence-electron chi connectivity index (χ1n) is 10.7. The molecule has 0 atom stereocenters. The number of fused-ring (bicyclic) bond motifs is 1. The van der Waals surface area contributed by atoms with Crippen molar-refractivity contribution in [3.63, 3.8) is 0 Å². The molecule has 162 valence electrons. The van der Waals surface area contributed by atoms with E-state index in [2.05, 4.69) is 10.3 Å². The van der Waals surface area contributed by atoms with Gasteiger partial charge in [-0.15, -0.1) is 0 Å². The smallest absolute Gasteiger partial charge is 0.409 e. The molecule has 1 aromatic carbocycles.